The maximum atomic E-state index is 5.52. The van der Waals surface area contributed by atoms with Crippen molar-refractivity contribution >= 4 is 0 Å². The Hall–Kier alpha value is -0.0800. The minimum Gasteiger partial charge on any atom is -0.377 e. The molecule has 0 amide bonds. The van der Waals surface area contributed by atoms with Gasteiger partial charge in [-0.1, -0.05) is 27.7 Å². The minimum absolute atomic E-state index is 0.421. The van der Waals surface area contributed by atoms with E-state index in [0.717, 1.165) is 26.1 Å². The Morgan fingerprint density at radius 3 is 2.00 bits per heavy atom. The van der Waals surface area contributed by atoms with Crippen LogP contribution in [0.2, 0.25) is 0 Å². The summed E-state index contributed by atoms with van der Waals surface area (Å²) in [5, 5.41) is 0. The lowest BCUT2D eigenvalue weighted by Crippen LogP contribution is -2.30. The SMILES string of the molecule is CC.CCOC(CC)CN(C)CC. The number of likely N-dealkylation sites (N-methyl/N-ethyl adjacent to an activating group) is 1. The van der Waals surface area contributed by atoms with Gasteiger partial charge in [-0.25, -0.2) is 0 Å². The second-order valence-electron chi connectivity index (χ2n) is 2.84. The first-order chi connectivity index (χ1) is 6.24. The maximum Gasteiger partial charge on any atom is 0.0699 e. The van der Waals surface area contributed by atoms with Crippen LogP contribution in [0.25, 0.3) is 0 Å². The molecule has 13 heavy (non-hydrogen) atoms. The van der Waals surface area contributed by atoms with Crippen molar-refractivity contribution < 1.29 is 4.74 Å². The van der Waals surface area contributed by atoms with Gasteiger partial charge in [-0.2, -0.15) is 0 Å². The van der Waals surface area contributed by atoms with Gasteiger partial charge in [0.15, 0.2) is 0 Å². The van der Waals surface area contributed by atoms with Gasteiger partial charge in [0.1, 0.15) is 0 Å². The quantitative estimate of drug-likeness (QED) is 0.637. The van der Waals surface area contributed by atoms with E-state index in [1.807, 2.05) is 13.8 Å². The highest BCUT2D eigenvalue weighted by atomic mass is 16.5. The summed E-state index contributed by atoms with van der Waals surface area (Å²) in [5.41, 5.74) is 0. The van der Waals surface area contributed by atoms with Crippen LogP contribution in [0.5, 0.6) is 0 Å². The summed E-state index contributed by atoms with van der Waals surface area (Å²) in [7, 11) is 2.13. The van der Waals surface area contributed by atoms with Gasteiger partial charge < -0.3 is 9.64 Å². The Morgan fingerprint density at radius 1 is 1.15 bits per heavy atom. The van der Waals surface area contributed by atoms with E-state index in [2.05, 4.69) is 32.7 Å². The van der Waals surface area contributed by atoms with E-state index in [1.54, 1.807) is 0 Å². The molecular weight excluding hydrogens is 162 g/mol. The molecule has 0 aromatic heterocycles. The van der Waals surface area contributed by atoms with E-state index >= 15 is 0 Å². The van der Waals surface area contributed by atoms with Gasteiger partial charge in [-0.3, -0.25) is 0 Å². The predicted molar refractivity (Wildman–Crippen MR) is 60.2 cm³/mol. The summed E-state index contributed by atoms with van der Waals surface area (Å²) in [4.78, 5) is 2.28. The summed E-state index contributed by atoms with van der Waals surface area (Å²) >= 11 is 0. The summed E-state index contributed by atoms with van der Waals surface area (Å²) in [6, 6.07) is 0. The third kappa shape index (κ3) is 9.84. The van der Waals surface area contributed by atoms with Crippen LogP contribution >= 0.6 is 0 Å². The van der Waals surface area contributed by atoms with Gasteiger partial charge in [-0.15, -0.1) is 0 Å². The van der Waals surface area contributed by atoms with Crippen LogP contribution in [0.4, 0.5) is 0 Å². The Balaban J connectivity index is 0. The minimum atomic E-state index is 0.421. The van der Waals surface area contributed by atoms with E-state index in [4.69, 9.17) is 4.74 Å². The zero-order valence-electron chi connectivity index (χ0n) is 10.3. The molecule has 0 aliphatic heterocycles. The molecule has 0 aliphatic carbocycles. The summed E-state index contributed by atoms with van der Waals surface area (Å²) in [6.07, 6.45) is 1.53. The van der Waals surface area contributed by atoms with Gasteiger partial charge in [0.2, 0.25) is 0 Å². The second-order valence-corrected chi connectivity index (χ2v) is 2.84. The van der Waals surface area contributed by atoms with Gasteiger partial charge in [-0.05, 0) is 26.9 Å². The molecule has 0 heterocycles. The highest BCUT2D eigenvalue weighted by Gasteiger charge is 2.06. The van der Waals surface area contributed by atoms with E-state index in [0.29, 0.717) is 6.10 Å². The molecule has 0 rings (SSSR count). The Bertz CT molecular complexity index is 86.2. The van der Waals surface area contributed by atoms with E-state index < -0.39 is 0 Å². The van der Waals surface area contributed by atoms with E-state index in [9.17, 15) is 0 Å². The topological polar surface area (TPSA) is 12.5 Å². The van der Waals surface area contributed by atoms with Crippen LogP contribution in [0.1, 0.15) is 41.0 Å². The first kappa shape index (κ1) is 15.4. The van der Waals surface area contributed by atoms with Crippen LogP contribution in [0.3, 0.4) is 0 Å². The third-order valence-electron chi connectivity index (χ3n) is 1.91. The van der Waals surface area contributed by atoms with Crippen molar-refractivity contribution in [3.8, 4) is 0 Å². The van der Waals surface area contributed by atoms with Crippen molar-refractivity contribution in [2.45, 2.75) is 47.1 Å². The average Bonchev–Trinajstić information content (AvgIpc) is 2.20. The van der Waals surface area contributed by atoms with Gasteiger partial charge in [0.25, 0.3) is 0 Å². The molecule has 0 saturated carbocycles. The lowest BCUT2D eigenvalue weighted by molar-refractivity contribution is 0.0381. The fraction of sp³-hybridized carbons (Fsp3) is 1.00. The van der Waals surface area contributed by atoms with Gasteiger partial charge in [0, 0.05) is 13.2 Å². The normalized spacial score (nSPS) is 12.2. The molecule has 0 spiro atoms. The number of ether oxygens (including phenoxy) is 1. The first-order valence-electron chi connectivity index (χ1n) is 5.54. The predicted octanol–water partition coefficient (Wildman–Crippen LogP) is 2.78. The van der Waals surface area contributed by atoms with Crippen molar-refractivity contribution in [1.29, 1.82) is 0 Å². The zero-order valence-corrected chi connectivity index (χ0v) is 10.3. The highest BCUT2D eigenvalue weighted by molar-refractivity contribution is 4.59. The van der Waals surface area contributed by atoms with Crippen molar-refractivity contribution in [2.24, 2.45) is 0 Å². The first-order valence-corrected chi connectivity index (χ1v) is 5.54. The number of hydrogen-bond donors (Lipinski definition) is 0. The fourth-order valence-electron chi connectivity index (χ4n) is 1.01. The Morgan fingerprint density at radius 2 is 1.69 bits per heavy atom. The standard InChI is InChI=1S/C9H21NO.C2H6/c1-5-9(11-7-3)8-10(4)6-2;1-2/h9H,5-8H2,1-4H3;1-2H3. The molecule has 82 valence electrons. The molecular formula is C11H27NO. The summed E-state index contributed by atoms with van der Waals surface area (Å²) in [5.74, 6) is 0. The highest BCUT2D eigenvalue weighted by Crippen LogP contribution is 1.99. The lowest BCUT2D eigenvalue weighted by atomic mass is 10.2. The van der Waals surface area contributed by atoms with Crippen LogP contribution in [-0.2, 0) is 4.74 Å². The van der Waals surface area contributed by atoms with Crippen LogP contribution < -0.4 is 0 Å². The fourth-order valence-corrected chi connectivity index (χ4v) is 1.01. The van der Waals surface area contributed by atoms with E-state index in [1.165, 1.54) is 0 Å². The molecule has 0 radical (unpaired) electrons. The van der Waals surface area contributed by atoms with Crippen LogP contribution in [0.15, 0.2) is 0 Å². The molecule has 0 fully saturated rings. The molecule has 2 nitrogen and oxygen atoms in total. The Kier molecular flexibility index (Phi) is 14.1. The molecule has 0 aliphatic rings. The van der Waals surface area contributed by atoms with Gasteiger partial charge in [0.05, 0.1) is 6.10 Å². The largest absolute Gasteiger partial charge is 0.377 e. The van der Waals surface area contributed by atoms with Gasteiger partial charge >= 0.3 is 0 Å². The molecule has 0 bridgehead atoms. The zero-order chi connectivity index (χ0) is 10.7. The molecule has 1 atom stereocenters. The Labute approximate surface area is 84.3 Å². The van der Waals surface area contributed by atoms with Crippen molar-refractivity contribution in [3.63, 3.8) is 0 Å². The summed E-state index contributed by atoms with van der Waals surface area (Å²) in [6.45, 7) is 13.4. The monoisotopic (exact) mass is 189 g/mol. The number of rotatable bonds is 6. The van der Waals surface area contributed by atoms with Crippen molar-refractivity contribution in [3.05, 3.63) is 0 Å². The van der Waals surface area contributed by atoms with Crippen LogP contribution in [-0.4, -0.2) is 37.7 Å². The van der Waals surface area contributed by atoms with Crippen molar-refractivity contribution in [1.82, 2.24) is 4.90 Å². The second kappa shape index (κ2) is 11.9. The number of hydrogen-bond acceptors (Lipinski definition) is 2. The third-order valence-corrected chi connectivity index (χ3v) is 1.91. The van der Waals surface area contributed by atoms with E-state index in [-0.39, 0.29) is 0 Å². The molecule has 0 aromatic carbocycles. The van der Waals surface area contributed by atoms with Crippen molar-refractivity contribution in [2.75, 3.05) is 26.7 Å². The van der Waals surface area contributed by atoms with Crippen LogP contribution in [0, 0.1) is 0 Å². The maximum absolute atomic E-state index is 5.52. The molecule has 1 unspecified atom stereocenters. The summed E-state index contributed by atoms with van der Waals surface area (Å²) < 4.78 is 5.52. The molecule has 0 N–H and O–H groups in total. The smallest absolute Gasteiger partial charge is 0.0699 e. The molecule has 2 heteroatoms. The average molecular weight is 189 g/mol. The molecule has 0 saturated heterocycles. The lowest BCUT2D eigenvalue weighted by Gasteiger charge is -2.21. The molecule has 0 aromatic rings. The number of nitrogens with zero attached hydrogens (tertiary/aromatic N) is 1.